The van der Waals surface area contributed by atoms with Crippen LogP contribution in [-0.4, -0.2) is 9.20 Å². The van der Waals surface area contributed by atoms with Crippen molar-refractivity contribution in [2.24, 2.45) is 0 Å². The number of carboxylic acids is 1. The van der Waals surface area contributed by atoms with Gasteiger partial charge in [0.2, 0.25) is 0 Å². The van der Waals surface area contributed by atoms with Gasteiger partial charge in [0, 0.05) is 0 Å². The van der Waals surface area contributed by atoms with Crippen LogP contribution in [0.5, 0.6) is 0 Å². The number of halogens is 2. The highest BCUT2D eigenvalue weighted by Gasteiger charge is 2.20. The third kappa shape index (κ3) is 2.13. The maximum absolute atomic E-state index is 10.0. The number of rotatable bonds is 2. The second kappa shape index (κ2) is 2.82. The van der Waals surface area contributed by atoms with E-state index in [1.165, 1.54) is 0 Å². The molecule has 0 radical (unpaired) electrons. The van der Waals surface area contributed by atoms with Gasteiger partial charge in [0.05, 0.1) is 5.97 Å². The van der Waals surface area contributed by atoms with E-state index < -0.39 is 9.20 Å². The molecule has 0 aliphatic heterocycles. The number of carbonyl (C=O) groups excluding carboxylic acids is 1. The van der Waals surface area contributed by atoms with Gasteiger partial charge in [0.25, 0.3) is 0 Å². The first-order valence-electron chi connectivity index (χ1n) is 2.10. The monoisotopic (exact) mass is 243 g/mol. The largest absolute Gasteiger partial charge is 0.548 e. The first-order chi connectivity index (χ1) is 3.50. The van der Waals surface area contributed by atoms with Crippen molar-refractivity contribution >= 4 is 37.8 Å². The minimum atomic E-state index is -1.14. The summed E-state index contributed by atoms with van der Waals surface area (Å²) >= 11 is 5.80. The van der Waals surface area contributed by atoms with Crippen LogP contribution in [0.25, 0.3) is 0 Å². The first-order valence-corrected chi connectivity index (χ1v) is 3.68. The summed E-state index contributed by atoms with van der Waals surface area (Å²) in [5, 5.41) is 10.0. The smallest absolute Gasteiger partial charge is 0.119 e. The van der Waals surface area contributed by atoms with Crippen LogP contribution in [0.15, 0.2) is 0 Å². The number of carbonyl (C=O) groups is 1. The van der Waals surface area contributed by atoms with Gasteiger partial charge in [-0.25, -0.2) is 0 Å². The van der Waals surface area contributed by atoms with Crippen LogP contribution in [0, 0.1) is 0 Å². The van der Waals surface area contributed by atoms with Gasteiger partial charge >= 0.3 is 0 Å². The molecule has 0 aliphatic rings. The normalized spacial score (nSPS) is 11.4. The molecule has 0 aromatic heterocycles. The lowest BCUT2D eigenvalue weighted by atomic mass is 10.3. The molecule has 48 valence electrons. The molecular formula is C4H5Br2O2-. The van der Waals surface area contributed by atoms with E-state index in [1.54, 1.807) is 6.92 Å². The van der Waals surface area contributed by atoms with Gasteiger partial charge < -0.3 is 9.90 Å². The molecule has 4 heteroatoms. The average Bonchev–Trinajstić information content (AvgIpc) is 1.67. The second-order valence-electron chi connectivity index (χ2n) is 1.35. The predicted molar refractivity (Wildman–Crippen MR) is 35.9 cm³/mol. The molecular weight excluding hydrogens is 240 g/mol. The third-order valence-electron chi connectivity index (χ3n) is 0.743. The quantitative estimate of drug-likeness (QED) is 0.669. The molecule has 8 heavy (non-hydrogen) atoms. The summed E-state index contributed by atoms with van der Waals surface area (Å²) in [5.41, 5.74) is 0. The molecule has 0 aliphatic carbocycles. The summed E-state index contributed by atoms with van der Waals surface area (Å²) in [7, 11) is 0. The van der Waals surface area contributed by atoms with E-state index in [0.717, 1.165) is 0 Å². The number of alkyl halides is 2. The molecule has 0 rings (SSSR count). The molecule has 0 aromatic carbocycles. The van der Waals surface area contributed by atoms with Crippen molar-refractivity contribution < 1.29 is 9.90 Å². The topological polar surface area (TPSA) is 40.1 Å². The highest BCUT2D eigenvalue weighted by Crippen LogP contribution is 2.28. The molecule has 0 N–H and O–H groups in total. The van der Waals surface area contributed by atoms with Crippen molar-refractivity contribution in [3.8, 4) is 0 Å². The standard InChI is InChI=1S/C4H6Br2O2/c1-2-4(5,6)3(7)8/h2H2,1H3,(H,7,8)/p-1. The molecule has 0 saturated carbocycles. The second-order valence-corrected chi connectivity index (χ2v) is 5.12. The zero-order valence-corrected chi connectivity index (χ0v) is 7.45. The van der Waals surface area contributed by atoms with Gasteiger partial charge in [-0.15, -0.1) is 0 Å². The van der Waals surface area contributed by atoms with Crippen molar-refractivity contribution in [1.29, 1.82) is 0 Å². The van der Waals surface area contributed by atoms with Crippen molar-refractivity contribution in [2.75, 3.05) is 0 Å². The van der Waals surface area contributed by atoms with Crippen molar-refractivity contribution in [3.05, 3.63) is 0 Å². The molecule has 0 saturated heterocycles. The number of hydrogen-bond acceptors (Lipinski definition) is 2. The van der Waals surface area contributed by atoms with Gasteiger partial charge in [-0.3, -0.25) is 0 Å². The summed E-state index contributed by atoms with van der Waals surface area (Å²) in [6.45, 7) is 1.74. The fraction of sp³-hybridized carbons (Fsp3) is 0.750. The fourth-order valence-electron chi connectivity index (χ4n) is 0.144. The van der Waals surface area contributed by atoms with Crippen LogP contribution in [-0.2, 0) is 4.79 Å². The summed E-state index contributed by atoms with van der Waals surface area (Å²) in [5.74, 6) is -1.14. The highest BCUT2D eigenvalue weighted by atomic mass is 79.9. The van der Waals surface area contributed by atoms with E-state index in [-0.39, 0.29) is 0 Å². The van der Waals surface area contributed by atoms with Crippen LogP contribution in [0.3, 0.4) is 0 Å². The van der Waals surface area contributed by atoms with Crippen LogP contribution >= 0.6 is 31.9 Å². The maximum Gasteiger partial charge on any atom is 0.119 e. The average molecular weight is 245 g/mol. The van der Waals surface area contributed by atoms with E-state index in [0.29, 0.717) is 6.42 Å². The fourth-order valence-corrected chi connectivity index (χ4v) is 0.144. The van der Waals surface area contributed by atoms with E-state index in [4.69, 9.17) is 0 Å². The van der Waals surface area contributed by atoms with Gasteiger partial charge in [0.15, 0.2) is 0 Å². The van der Waals surface area contributed by atoms with Crippen molar-refractivity contribution in [2.45, 2.75) is 16.6 Å². The molecule has 0 amide bonds. The summed E-state index contributed by atoms with van der Waals surface area (Å²) in [6.07, 6.45) is 0.454. The lowest BCUT2D eigenvalue weighted by Gasteiger charge is -2.18. The number of aliphatic carboxylic acids is 1. The Hall–Kier alpha value is 0.430. The molecule has 0 fully saturated rings. The number of carboxylic acid groups (broad SMARTS) is 1. The summed E-state index contributed by atoms with van der Waals surface area (Å²) in [4.78, 5) is 10.0. The molecule has 0 bridgehead atoms. The van der Waals surface area contributed by atoms with E-state index in [2.05, 4.69) is 31.9 Å². The molecule has 2 nitrogen and oxygen atoms in total. The van der Waals surface area contributed by atoms with Crippen LogP contribution in [0.1, 0.15) is 13.3 Å². The van der Waals surface area contributed by atoms with Crippen molar-refractivity contribution in [3.63, 3.8) is 0 Å². The van der Waals surface area contributed by atoms with Gasteiger partial charge in [-0.05, 0) is 6.42 Å². The zero-order valence-electron chi connectivity index (χ0n) is 4.28. The Balaban J connectivity index is 3.91. The predicted octanol–water partition coefficient (Wildman–Crippen LogP) is 0.632. The van der Waals surface area contributed by atoms with Gasteiger partial charge in [0.1, 0.15) is 3.23 Å². The highest BCUT2D eigenvalue weighted by molar-refractivity contribution is 9.25. The first kappa shape index (κ1) is 8.43. The van der Waals surface area contributed by atoms with E-state index in [1.807, 2.05) is 0 Å². The lowest BCUT2D eigenvalue weighted by Crippen LogP contribution is -2.38. The van der Waals surface area contributed by atoms with E-state index in [9.17, 15) is 9.90 Å². The Morgan fingerprint density at radius 1 is 1.75 bits per heavy atom. The Labute approximate surface area is 64.5 Å². The van der Waals surface area contributed by atoms with Gasteiger partial charge in [-0.1, -0.05) is 38.8 Å². The van der Waals surface area contributed by atoms with Crippen molar-refractivity contribution in [1.82, 2.24) is 0 Å². The Bertz CT molecular complexity index is 100. The Morgan fingerprint density at radius 3 is 2.12 bits per heavy atom. The lowest BCUT2D eigenvalue weighted by molar-refractivity contribution is -0.305. The Morgan fingerprint density at radius 2 is 2.12 bits per heavy atom. The minimum Gasteiger partial charge on any atom is -0.548 e. The maximum atomic E-state index is 10.0. The molecule has 0 unspecified atom stereocenters. The van der Waals surface area contributed by atoms with Crippen LogP contribution in [0.2, 0.25) is 0 Å². The summed E-state index contributed by atoms with van der Waals surface area (Å²) in [6, 6.07) is 0. The Kier molecular flexibility index (Phi) is 2.98. The molecule has 0 aromatic rings. The summed E-state index contributed by atoms with van der Waals surface area (Å²) < 4.78 is -1.03. The minimum absolute atomic E-state index is 0.454. The molecule has 0 heterocycles. The SMILES string of the molecule is CCC(Br)(Br)C(=O)[O-]. The zero-order chi connectivity index (χ0) is 6.78. The molecule has 0 atom stereocenters. The third-order valence-corrected chi connectivity index (χ3v) is 2.51. The molecule has 0 spiro atoms. The van der Waals surface area contributed by atoms with Crippen LogP contribution in [0.4, 0.5) is 0 Å². The van der Waals surface area contributed by atoms with Gasteiger partial charge in [-0.2, -0.15) is 0 Å². The van der Waals surface area contributed by atoms with Crippen LogP contribution < -0.4 is 5.11 Å². The number of hydrogen-bond donors (Lipinski definition) is 0. The van der Waals surface area contributed by atoms with E-state index >= 15 is 0 Å².